The van der Waals surface area contributed by atoms with Crippen LogP contribution in [-0.2, 0) is 21.2 Å². The lowest BCUT2D eigenvalue weighted by atomic mass is 10.1. The third-order valence-corrected chi connectivity index (χ3v) is 3.64. The molecule has 0 fully saturated rings. The quantitative estimate of drug-likeness (QED) is 0.654. The smallest absolute Gasteiger partial charge is 0.274 e. The fourth-order valence-corrected chi connectivity index (χ4v) is 2.40. The molecule has 11 heteroatoms. The fraction of sp³-hybridized carbons (Fsp3) is 0.364. The van der Waals surface area contributed by atoms with Gasteiger partial charge in [0, 0.05) is 11.6 Å². The summed E-state index contributed by atoms with van der Waals surface area (Å²) in [7, 11) is -4.58. The molecule has 22 heavy (non-hydrogen) atoms. The van der Waals surface area contributed by atoms with E-state index >= 15 is 0 Å². The van der Waals surface area contributed by atoms with Crippen LogP contribution in [-0.4, -0.2) is 26.3 Å². The van der Waals surface area contributed by atoms with E-state index in [1.54, 1.807) is 0 Å². The minimum Gasteiger partial charge on any atom is -0.274 e. The molecule has 1 aromatic carbocycles. The van der Waals surface area contributed by atoms with Gasteiger partial charge in [0.15, 0.2) is 11.6 Å². The number of benzene rings is 1. The number of hydrogen-bond donors (Lipinski definition) is 1. The predicted molar refractivity (Wildman–Crippen MR) is 62.6 cm³/mol. The summed E-state index contributed by atoms with van der Waals surface area (Å²) in [5, 5.41) is 0. The minimum atomic E-state index is -4.73. The normalized spacial score (nSPS) is 12.3. The second-order valence-electron chi connectivity index (χ2n) is 4.24. The molecule has 0 saturated carbocycles. The van der Waals surface area contributed by atoms with Crippen LogP contribution in [0.25, 0.3) is 0 Å². The van der Waals surface area contributed by atoms with Crippen LogP contribution in [0.15, 0.2) is 12.1 Å². The largest absolute Gasteiger partial charge is 0.390 e. The molecule has 0 bridgehead atoms. The molecule has 0 saturated heterocycles. The fourth-order valence-electron chi connectivity index (χ4n) is 1.38. The van der Waals surface area contributed by atoms with E-state index in [1.165, 1.54) is 4.72 Å². The molecule has 0 atom stereocenters. The zero-order chi connectivity index (χ0) is 17.1. The number of amides is 1. The molecular weight excluding hydrogens is 340 g/mol. The zero-order valence-electron chi connectivity index (χ0n) is 10.7. The number of alkyl halides is 3. The zero-order valence-corrected chi connectivity index (χ0v) is 11.5. The Balaban J connectivity index is 2.72. The van der Waals surface area contributed by atoms with Crippen LogP contribution in [0.2, 0.25) is 0 Å². The van der Waals surface area contributed by atoms with Gasteiger partial charge in [0.1, 0.15) is 5.82 Å². The van der Waals surface area contributed by atoms with Gasteiger partial charge >= 0.3 is 6.18 Å². The molecule has 0 aliphatic heterocycles. The highest BCUT2D eigenvalue weighted by Crippen LogP contribution is 2.20. The van der Waals surface area contributed by atoms with Crippen molar-refractivity contribution in [3.05, 3.63) is 35.1 Å². The first-order valence-corrected chi connectivity index (χ1v) is 7.28. The lowest BCUT2D eigenvalue weighted by Gasteiger charge is -2.09. The molecule has 124 valence electrons. The average molecular weight is 349 g/mol. The number of carbonyl (C=O) groups excluding carboxylic acids is 1. The Hall–Kier alpha value is -1.78. The molecule has 1 N–H and O–H groups in total. The Bertz CT molecular complexity index is 671. The van der Waals surface area contributed by atoms with Crippen molar-refractivity contribution < 1.29 is 39.6 Å². The van der Waals surface area contributed by atoms with E-state index in [9.17, 15) is 39.6 Å². The van der Waals surface area contributed by atoms with Crippen LogP contribution in [0.1, 0.15) is 12.0 Å². The third-order valence-electron chi connectivity index (χ3n) is 2.36. The molecule has 0 aliphatic carbocycles. The van der Waals surface area contributed by atoms with Crippen LogP contribution in [0.3, 0.4) is 0 Å². The van der Waals surface area contributed by atoms with E-state index < -0.39 is 63.7 Å². The van der Waals surface area contributed by atoms with Crippen molar-refractivity contribution in [1.29, 1.82) is 0 Å². The summed E-state index contributed by atoms with van der Waals surface area (Å²) >= 11 is 0. The van der Waals surface area contributed by atoms with Gasteiger partial charge in [-0.05, 0) is 6.07 Å². The van der Waals surface area contributed by atoms with Gasteiger partial charge in [-0.1, -0.05) is 0 Å². The summed E-state index contributed by atoms with van der Waals surface area (Å²) in [6.45, 7) is 0. The summed E-state index contributed by atoms with van der Waals surface area (Å²) in [4.78, 5) is 11.3. The van der Waals surface area contributed by atoms with Gasteiger partial charge in [0.25, 0.3) is 0 Å². The Morgan fingerprint density at radius 3 is 2.14 bits per heavy atom. The SMILES string of the molecule is O=C(Cc1cc(F)c(F)cc1F)NS(=O)(=O)CCC(F)(F)F. The molecule has 0 heterocycles. The highest BCUT2D eigenvalue weighted by Gasteiger charge is 2.30. The van der Waals surface area contributed by atoms with Crippen molar-refractivity contribution in [1.82, 2.24) is 4.72 Å². The summed E-state index contributed by atoms with van der Waals surface area (Å²) in [5.41, 5.74) is -0.637. The average Bonchev–Trinajstić information content (AvgIpc) is 2.32. The van der Waals surface area contributed by atoms with Crippen molar-refractivity contribution in [3.8, 4) is 0 Å². The maximum absolute atomic E-state index is 13.2. The van der Waals surface area contributed by atoms with Crippen molar-refractivity contribution in [2.75, 3.05) is 5.75 Å². The third kappa shape index (κ3) is 5.92. The maximum atomic E-state index is 13.2. The molecule has 0 unspecified atom stereocenters. The maximum Gasteiger partial charge on any atom is 0.390 e. The monoisotopic (exact) mass is 349 g/mol. The van der Waals surface area contributed by atoms with Gasteiger partial charge in [0.05, 0.1) is 18.6 Å². The van der Waals surface area contributed by atoms with Crippen LogP contribution < -0.4 is 4.72 Å². The molecule has 0 radical (unpaired) electrons. The summed E-state index contributed by atoms with van der Waals surface area (Å²) in [6, 6.07) is 0.517. The van der Waals surface area contributed by atoms with Gasteiger partial charge in [-0.15, -0.1) is 0 Å². The van der Waals surface area contributed by atoms with E-state index in [1.807, 2.05) is 0 Å². The highest BCUT2D eigenvalue weighted by molar-refractivity contribution is 7.90. The van der Waals surface area contributed by atoms with E-state index in [0.29, 0.717) is 6.07 Å². The first-order chi connectivity index (χ1) is 9.89. The van der Waals surface area contributed by atoms with Gasteiger partial charge in [-0.2, -0.15) is 13.2 Å². The van der Waals surface area contributed by atoms with Crippen LogP contribution in [0.4, 0.5) is 26.3 Å². The first-order valence-electron chi connectivity index (χ1n) is 5.63. The lowest BCUT2D eigenvalue weighted by Crippen LogP contribution is -2.35. The predicted octanol–water partition coefficient (Wildman–Crippen LogP) is 2.04. The molecule has 0 aromatic heterocycles. The van der Waals surface area contributed by atoms with Gasteiger partial charge in [0.2, 0.25) is 15.9 Å². The number of nitrogens with one attached hydrogen (secondary N) is 1. The Morgan fingerprint density at radius 2 is 1.59 bits per heavy atom. The number of rotatable bonds is 5. The van der Waals surface area contributed by atoms with E-state index in [-0.39, 0.29) is 6.07 Å². The van der Waals surface area contributed by atoms with E-state index in [0.717, 1.165) is 0 Å². The molecule has 1 aromatic rings. The van der Waals surface area contributed by atoms with Gasteiger partial charge in [-0.25, -0.2) is 21.6 Å². The van der Waals surface area contributed by atoms with Crippen molar-refractivity contribution in [2.24, 2.45) is 0 Å². The number of hydrogen-bond acceptors (Lipinski definition) is 3. The number of halogens is 6. The van der Waals surface area contributed by atoms with Gasteiger partial charge < -0.3 is 0 Å². The minimum absolute atomic E-state index is 0.163. The highest BCUT2D eigenvalue weighted by atomic mass is 32.2. The summed E-state index contributed by atoms with van der Waals surface area (Å²) in [5.74, 6) is -7.00. The molecular formula is C11H9F6NO3S. The summed E-state index contributed by atoms with van der Waals surface area (Å²) in [6.07, 6.45) is -7.38. The lowest BCUT2D eigenvalue weighted by molar-refractivity contribution is -0.130. The van der Waals surface area contributed by atoms with Crippen LogP contribution in [0.5, 0.6) is 0 Å². The Morgan fingerprint density at radius 1 is 1.05 bits per heavy atom. The molecule has 4 nitrogen and oxygen atoms in total. The topological polar surface area (TPSA) is 63.2 Å². The second kappa shape index (κ2) is 6.55. The summed E-state index contributed by atoms with van der Waals surface area (Å²) < 4.78 is 98.2. The molecule has 1 rings (SSSR count). The first kappa shape index (κ1) is 18.3. The number of sulfonamides is 1. The van der Waals surface area contributed by atoms with E-state index in [2.05, 4.69) is 0 Å². The van der Waals surface area contributed by atoms with Gasteiger partial charge in [-0.3, -0.25) is 9.52 Å². The number of carbonyl (C=O) groups is 1. The Kier molecular flexibility index (Phi) is 5.44. The molecule has 0 aliphatic rings. The van der Waals surface area contributed by atoms with Crippen LogP contribution >= 0.6 is 0 Å². The molecule has 0 spiro atoms. The van der Waals surface area contributed by atoms with Crippen molar-refractivity contribution in [3.63, 3.8) is 0 Å². The molecule has 1 amide bonds. The standard InChI is InChI=1S/C11H9F6NO3S/c12-7-5-9(14)8(13)3-6(7)4-10(19)18-22(20,21)2-1-11(15,16)17/h3,5H,1-2,4H2,(H,18,19). The Labute approximate surface area is 121 Å². The second-order valence-corrected chi connectivity index (χ2v) is 6.09. The van der Waals surface area contributed by atoms with E-state index in [4.69, 9.17) is 0 Å². The van der Waals surface area contributed by atoms with Crippen molar-refractivity contribution in [2.45, 2.75) is 19.0 Å². The van der Waals surface area contributed by atoms with Crippen LogP contribution in [0, 0.1) is 17.5 Å². The van der Waals surface area contributed by atoms with Crippen molar-refractivity contribution >= 4 is 15.9 Å².